The van der Waals surface area contributed by atoms with Crippen LogP contribution in [0.5, 0.6) is 0 Å². The van der Waals surface area contributed by atoms with E-state index in [-0.39, 0.29) is 18.4 Å². The first-order chi connectivity index (χ1) is 13.4. The van der Waals surface area contributed by atoms with Gasteiger partial charge in [0.15, 0.2) is 0 Å². The van der Waals surface area contributed by atoms with Gasteiger partial charge in [-0.25, -0.2) is 9.78 Å². The third-order valence-electron chi connectivity index (χ3n) is 5.80. The molecule has 0 radical (unpaired) electrons. The number of nitrogens with zero attached hydrogens (tertiary/aromatic N) is 3. The maximum absolute atomic E-state index is 12.9. The molecule has 148 valence electrons. The number of carbonyl (C=O) groups is 3. The highest BCUT2D eigenvalue weighted by Crippen LogP contribution is 2.36. The number of urea groups is 1. The first-order valence-electron chi connectivity index (χ1n) is 9.60. The fourth-order valence-electron chi connectivity index (χ4n) is 3.95. The van der Waals surface area contributed by atoms with Gasteiger partial charge in [-0.05, 0) is 43.7 Å². The summed E-state index contributed by atoms with van der Waals surface area (Å²) in [6.45, 7) is 2.28. The molecule has 2 aliphatic rings. The SMILES string of the molecule is CC1CCC2(CC1)NC(=O)N(CC(=O)N(C)Cc1nc3ccccc3s1)C2=O. The number of nitrogens with one attached hydrogen (secondary N) is 1. The maximum Gasteiger partial charge on any atom is 0.325 e. The Morgan fingerprint density at radius 2 is 2.04 bits per heavy atom. The number of fused-ring (bicyclic) bond motifs is 1. The number of thiazole rings is 1. The lowest BCUT2D eigenvalue weighted by atomic mass is 9.77. The van der Waals surface area contributed by atoms with Gasteiger partial charge < -0.3 is 10.2 Å². The molecule has 1 aliphatic heterocycles. The molecule has 1 N–H and O–H groups in total. The van der Waals surface area contributed by atoms with E-state index in [9.17, 15) is 14.4 Å². The summed E-state index contributed by atoms with van der Waals surface area (Å²) in [6, 6.07) is 7.37. The number of benzene rings is 1. The standard InChI is InChI=1S/C20H24N4O3S/c1-13-7-9-20(10-8-13)18(26)24(19(27)22-20)12-17(25)23(2)11-16-21-14-5-3-4-6-15(14)28-16/h3-6,13H,7-12H2,1-2H3,(H,22,27). The minimum Gasteiger partial charge on any atom is -0.337 e. The second-order valence-corrected chi connectivity index (χ2v) is 9.03. The molecule has 2 fully saturated rings. The summed E-state index contributed by atoms with van der Waals surface area (Å²) >= 11 is 1.54. The Kier molecular flexibility index (Phi) is 4.82. The highest BCUT2D eigenvalue weighted by atomic mass is 32.1. The quantitative estimate of drug-likeness (QED) is 0.800. The van der Waals surface area contributed by atoms with Crippen molar-refractivity contribution >= 4 is 39.4 Å². The zero-order valence-corrected chi connectivity index (χ0v) is 16.9. The molecule has 4 rings (SSSR count). The highest BCUT2D eigenvalue weighted by molar-refractivity contribution is 7.18. The smallest absolute Gasteiger partial charge is 0.325 e. The van der Waals surface area contributed by atoms with E-state index < -0.39 is 11.6 Å². The van der Waals surface area contributed by atoms with Crippen LogP contribution in [0.15, 0.2) is 24.3 Å². The summed E-state index contributed by atoms with van der Waals surface area (Å²) in [6.07, 6.45) is 3.10. The molecular formula is C20H24N4O3S. The Morgan fingerprint density at radius 3 is 2.75 bits per heavy atom. The van der Waals surface area contributed by atoms with Gasteiger partial charge in [-0.2, -0.15) is 0 Å². The predicted octanol–water partition coefficient (Wildman–Crippen LogP) is 2.76. The normalized spacial score (nSPS) is 24.8. The molecular weight excluding hydrogens is 376 g/mol. The van der Waals surface area contributed by atoms with Crippen LogP contribution >= 0.6 is 11.3 Å². The Bertz CT molecular complexity index is 899. The van der Waals surface area contributed by atoms with E-state index in [4.69, 9.17) is 0 Å². The molecule has 2 aromatic rings. The fourth-order valence-corrected chi connectivity index (χ4v) is 4.97. The number of imide groups is 1. The molecule has 0 unspecified atom stereocenters. The summed E-state index contributed by atoms with van der Waals surface area (Å²) in [7, 11) is 1.67. The topological polar surface area (TPSA) is 82.6 Å². The van der Waals surface area contributed by atoms with Crippen LogP contribution in [-0.2, 0) is 16.1 Å². The molecule has 1 saturated heterocycles. The van der Waals surface area contributed by atoms with Crippen LogP contribution in [0.25, 0.3) is 10.2 Å². The maximum atomic E-state index is 12.9. The molecule has 0 bridgehead atoms. The van der Waals surface area contributed by atoms with E-state index in [0.29, 0.717) is 25.3 Å². The van der Waals surface area contributed by atoms with Gasteiger partial charge in [-0.3, -0.25) is 14.5 Å². The number of amides is 4. The Hall–Kier alpha value is -2.48. The van der Waals surface area contributed by atoms with Crippen molar-refractivity contribution < 1.29 is 14.4 Å². The van der Waals surface area contributed by atoms with Crippen LogP contribution in [0, 0.1) is 5.92 Å². The van der Waals surface area contributed by atoms with Crippen LogP contribution in [0.3, 0.4) is 0 Å². The van der Waals surface area contributed by atoms with Crippen molar-refractivity contribution in [3.05, 3.63) is 29.3 Å². The lowest BCUT2D eigenvalue weighted by Gasteiger charge is -2.33. The number of para-hydroxylation sites is 1. The summed E-state index contributed by atoms with van der Waals surface area (Å²) in [4.78, 5) is 45.1. The Labute approximate surface area is 167 Å². The van der Waals surface area contributed by atoms with Gasteiger partial charge in [0.25, 0.3) is 5.91 Å². The van der Waals surface area contributed by atoms with Crippen molar-refractivity contribution in [1.82, 2.24) is 20.1 Å². The number of hydrogen-bond acceptors (Lipinski definition) is 5. The zero-order valence-electron chi connectivity index (χ0n) is 16.1. The molecule has 1 aromatic heterocycles. The van der Waals surface area contributed by atoms with E-state index >= 15 is 0 Å². The molecule has 1 spiro atoms. The van der Waals surface area contributed by atoms with E-state index in [1.807, 2.05) is 24.3 Å². The second kappa shape index (κ2) is 7.16. The van der Waals surface area contributed by atoms with Crippen molar-refractivity contribution in [3.8, 4) is 0 Å². The zero-order chi connectivity index (χ0) is 19.9. The summed E-state index contributed by atoms with van der Waals surface area (Å²) in [5, 5.41) is 3.68. The van der Waals surface area contributed by atoms with E-state index in [1.54, 1.807) is 7.05 Å². The van der Waals surface area contributed by atoms with Gasteiger partial charge in [0, 0.05) is 7.05 Å². The highest BCUT2D eigenvalue weighted by Gasteiger charge is 2.52. The van der Waals surface area contributed by atoms with Crippen LogP contribution in [-0.4, -0.2) is 51.8 Å². The van der Waals surface area contributed by atoms with Crippen molar-refractivity contribution in [2.24, 2.45) is 5.92 Å². The van der Waals surface area contributed by atoms with Gasteiger partial charge in [0.2, 0.25) is 5.91 Å². The van der Waals surface area contributed by atoms with Gasteiger partial charge in [0.05, 0.1) is 16.8 Å². The minimum atomic E-state index is -0.810. The number of carbonyl (C=O) groups excluding carboxylic acids is 3. The van der Waals surface area contributed by atoms with Gasteiger partial charge in [-0.1, -0.05) is 19.1 Å². The first kappa shape index (κ1) is 18.9. The van der Waals surface area contributed by atoms with Crippen molar-refractivity contribution in [3.63, 3.8) is 0 Å². The molecule has 1 aromatic carbocycles. The van der Waals surface area contributed by atoms with E-state index in [1.165, 1.54) is 16.2 Å². The molecule has 8 heteroatoms. The Balaban J connectivity index is 1.41. The number of likely N-dealkylation sites (N-methyl/N-ethyl adjacent to an activating group) is 1. The summed E-state index contributed by atoms with van der Waals surface area (Å²) in [5.41, 5.74) is 0.0982. The molecule has 0 atom stereocenters. The number of rotatable bonds is 4. The molecule has 1 aliphatic carbocycles. The van der Waals surface area contributed by atoms with Crippen molar-refractivity contribution in [2.75, 3.05) is 13.6 Å². The van der Waals surface area contributed by atoms with Crippen LogP contribution < -0.4 is 5.32 Å². The lowest BCUT2D eigenvalue weighted by Crippen LogP contribution is -2.50. The monoisotopic (exact) mass is 400 g/mol. The molecule has 2 heterocycles. The lowest BCUT2D eigenvalue weighted by molar-refractivity contribution is -0.139. The van der Waals surface area contributed by atoms with Crippen LogP contribution in [0.1, 0.15) is 37.6 Å². The van der Waals surface area contributed by atoms with Crippen LogP contribution in [0.4, 0.5) is 4.79 Å². The number of aromatic nitrogens is 1. The summed E-state index contributed by atoms with van der Waals surface area (Å²) in [5.74, 6) is 0.0288. The molecule has 4 amide bonds. The third-order valence-corrected chi connectivity index (χ3v) is 6.82. The van der Waals surface area contributed by atoms with E-state index in [0.717, 1.165) is 33.0 Å². The number of hydrogen-bond donors (Lipinski definition) is 1. The Morgan fingerprint density at radius 1 is 1.32 bits per heavy atom. The average Bonchev–Trinajstić information content (AvgIpc) is 3.18. The molecule has 28 heavy (non-hydrogen) atoms. The van der Waals surface area contributed by atoms with Crippen molar-refractivity contribution in [1.29, 1.82) is 0 Å². The first-order valence-corrected chi connectivity index (χ1v) is 10.4. The van der Waals surface area contributed by atoms with Gasteiger partial charge in [-0.15, -0.1) is 11.3 Å². The van der Waals surface area contributed by atoms with Gasteiger partial charge >= 0.3 is 6.03 Å². The van der Waals surface area contributed by atoms with E-state index in [2.05, 4.69) is 17.2 Å². The fraction of sp³-hybridized carbons (Fsp3) is 0.500. The largest absolute Gasteiger partial charge is 0.337 e. The molecule has 1 saturated carbocycles. The van der Waals surface area contributed by atoms with Gasteiger partial charge in [0.1, 0.15) is 17.1 Å². The predicted molar refractivity (Wildman–Crippen MR) is 107 cm³/mol. The third kappa shape index (κ3) is 3.37. The van der Waals surface area contributed by atoms with Crippen LogP contribution in [0.2, 0.25) is 0 Å². The minimum absolute atomic E-state index is 0.233. The second-order valence-electron chi connectivity index (χ2n) is 7.91. The van der Waals surface area contributed by atoms with Crippen molar-refractivity contribution in [2.45, 2.75) is 44.7 Å². The molecule has 7 nitrogen and oxygen atoms in total. The summed E-state index contributed by atoms with van der Waals surface area (Å²) < 4.78 is 1.07. The average molecular weight is 401 g/mol.